The molecule has 0 spiro atoms. The second-order valence-corrected chi connectivity index (χ2v) is 9.66. The number of carboxylic acids is 1. The molecule has 5 amide bonds. The number of H-pyrrole nitrogens is 1. The number of carboxylic acid groups (broad SMARTS) is 1. The Labute approximate surface area is 224 Å². The Morgan fingerprint density at radius 3 is 1.87 bits per heavy atom. The van der Waals surface area contributed by atoms with E-state index in [1.54, 1.807) is 20.0 Å². The normalized spacial score (nSPS) is 14.2. The zero-order chi connectivity index (χ0) is 29.3. The molecule has 11 N–H and O–H groups in total. The van der Waals surface area contributed by atoms with Crippen LogP contribution in [-0.4, -0.2) is 69.8 Å². The second-order valence-electron chi connectivity index (χ2n) is 9.66. The van der Waals surface area contributed by atoms with Crippen molar-refractivity contribution in [1.82, 2.24) is 20.9 Å². The first-order valence-corrected chi connectivity index (χ1v) is 12.3. The lowest BCUT2D eigenvalue weighted by atomic mass is 10.0. The lowest BCUT2D eigenvalue weighted by molar-refractivity contribution is -0.143. The Kier molecular flexibility index (Phi) is 11.0. The van der Waals surface area contributed by atoms with Crippen molar-refractivity contribution in [2.45, 2.75) is 63.7 Å². The largest absolute Gasteiger partial charge is 0.480 e. The highest BCUT2D eigenvalue weighted by atomic mass is 16.4. The van der Waals surface area contributed by atoms with Crippen molar-refractivity contribution in [3.63, 3.8) is 0 Å². The highest BCUT2D eigenvalue weighted by molar-refractivity contribution is 5.97. The number of aliphatic carboxylic acids is 1. The molecule has 0 aliphatic carbocycles. The molecule has 1 heterocycles. The zero-order valence-electron chi connectivity index (χ0n) is 21.7. The van der Waals surface area contributed by atoms with Crippen LogP contribution >= 0.6 is 0 Å². The Balaban J connectivity index is 2.14. The van der Waals surface area contributed by atoms with Gasteiger partial charge in [0.25, 0.3) is 0 Å². The number of nitrogens with two attached hydrogens (primary N) is 3. The van der Waals surface area contributed by atoms with Gasteiger partial charge < -0.3 is 43.2 Å². The average Bonchev–Trinajstić information content (AvgIpc) is 3.24. The van der Waals surface area contributed by atoms with Crippen molar-refractivity contribution in [2.24, 2.45) is 23.1 Å². The fourth-order valence-corrected chi connectivity index (χ4v) is 3.97. The first-order valence-electron chi connectivity index (χ1n) is 12.3. The molecule has 0 saturated carbocycles. The van der Waals surface area contributed by atoms with Crippen LogP contribution in [-0.2, 0) is 35.2 Å². The van der Waals surface area contributed by atoms with Gasteiger partial charge in [0.1, 0.15) is 18.1 Å². The van der Waals surface area contributed by atoms with Crippen LogP contribution in [0.1, 0.15) is 38.7 Å². The van der Waals surface area contributed by atoms with Crippen LogP contribution in [0.4, 0.5) is 0 Å². The number of benzene rings is 1. The third-order valence-electron chi connectivity index (χ3n) is 5.85. The molecular weight excluding hydrogens is 510 g/mol. The molecule has 2 rings (SSSR count). The summed E-state index contributed by atoms with van der Waals surface area (Å²) < 4.78 is 0. The predicted octanol–water partition coefficient (Wildman–Crippen LogP) is -1.63. The van der Waals surface area contributed by atoms with Gasteiger partial charge in [0.2, 0.25) is 29.5 Å². The van der Waals surface area contributed by atoms with E-state index in [9.17, 15) is 33.9 Å². The van der Waals surface area contributed by atoms with Gasteiger partial charge in [0.15, 0.2) is 0 Å². The third kappa shape index (κ3) is 9.41. The van der Waals surface area contributed by atoms with Gasteiger partial charge in [-0.15, -0.1) is 0 Å². The molecular formula is C25H35N7O7. The standard InChI is InChI=1S/C25H35N7O7/c1-12(2)7-19(25(38)39)32-24(37)18(10-21(28)34)31-23(36)17(9-20(27)33)30-22(35)15(26)8-13-11-29-16-6-4-3-5-14(13)16/h3-6,11-12,15,17-19,29H,7-10,26H2,1-2H3,(H2,27,33)(H2,28,34)(H,30,35)(H,31,36)(H,32,37)(H,38,39). The Morgan fingerprint density at radius 2 is 1.36 bits per heavy atom. The van der Waals surface area contributed by atoms with Crippen LogP contribution in [0, 0.1) is 5.92 Å². The second kappa shape index (κ2) is 13.9. The highest BCUT2D eigenvalue weighted by Gasteiger charge is 2.32. The third-order valence-corrected chi connectivity index (χ3v) is 5.85. The molecule has 0 fully saturated rings. The SMILES string of the molecule is CC(C)CC(NC(=O)C(CC(N)=O)NC(=O)C(CC(N)=O)NC(=O)C(N)Cc1c[nH]c2ccccc12)C(=O)O. The number of fused-ring (bicyclic) bond motifs is 1. The highest BCUT2D eigenvalue weighted by Crippen LogP contribution is 2.18. The summed E-state index contributed by atoms with van der Waals surface area (Å²) in [4.78, 5) is 76.4. The van der Waals surface area contributed by atoms with E-state index in [2.05, 4.69) is 20.9 Å². The molecule has 14 heteroatoms. The van der Waals surface area contributed by atoms with Crippen LogP contribution in [0.15, 0.2) is 30.5 Å². The van der Waals surface area contributed by atoms with Gasteiger partial charge in [0.05, 0.1) is 18.9 Å². The molecule has 0 saturated heterocycles. The van der Waals surface area contributed by atoms with Crippen molar-refractivity contribution in [3.05, 3.63) is 36.0 Å². The summed E-state index contributed by atoms with van der Waals surface area (Å²) >= 11 is 0. The number of nitrogens with one attached hydrogen (secondary N) is 4. The summed E-state index contributed by atoms with van der Waals surface area (Å²) in [5.74, 6) is -6.03. The molecule has 1 aromatic carbocycles. The van der Waals surface area contributed by atoms with Crippen LogP contribution in [0.5, 0.6) is 0 Å². The number of aromatic amines is 1. The summed E-state index contributed by atoms with van der Waals surface area (Å²) in [5.41, 5.74) is 18.1. The number of carbonyl (C=O) groups excluding carboxylic acids is 5. The van der Waals surface area contributed by atoms with Gasteiger partial charge in [-0.2, -0.15) is 0 Å². The fourth-order valence-electron chi connectivity index (χ4n) is 3.97. The molecule has 0 bridgehead atoms. The first kappa shape index (κ1) is 30.8. The van der Waals surface area contributed by atoms with Gasteiger partial charge in [-0.1, -0.05) is 32.0 Å². The molecule has 0 aliphatic heterocycles. The van der Waals surface area contributed by atoms with Crippen LogP contribution in [0.3, 0.4) is 0 Å². The summed E-state index contributed by atoms with van der Waals surface area (Å²) in [6, 6.07) is 1.90. The topological polar surface area (TPSA) is 253 Å². The molecule has 2 aromatic rings. The molecule has 4 atom stereocenters. The monoisotopic (exact) mass is 545 g/mol. The van der Waals surface area contributed by atoms with Gasteiger partial charge in [-0.25, -0.2) is 4.79 Å². The van der Waals surface area contributed by atoms with E-state index in [1.165, 1.54) is 0 Å². The van der Waals surface area contributed by atoms with Crippen molar-refractivity contribution in [1.29, 1.82) is 0 Å². The first-order chi connectivity index (χ1) is 18.3. The lowest BCUT2D eigenvalue weighted by Gasteiger charge is -2.24. The molecule has 212 valence electrons. The number of carbonyl (C=O) groups is 6. The lowest BCUT2D eigenvalue weighted by Crippen LogP contribution is -2.58. The minimum absolute atomic E-state index is 0.0841. The van der Waals surface area contributed by atoms with E-state index in [0.717, 1.165) is 16.5 Å². The number of rotatable bonds is 15. The van der Waals surface area contributed by atoms with E-state index < -0.39 is 72.5 Å². The Morgan fingerprint density at radius 1 is 0.846 bits per heavy atom. The van der Waals surface area contributed by atoms with E-state index in [1.807, 2.05) is 24.3 Å². The predicted molar refractivity (Wildman–Crippen MR) is 140 cm³/mol. The Bertz CT molecular complexity index is 1230. The van der Waals surface area contributed by atoms with E-state index in [-0.39, 0.29) is 18.8 Å². The number of para-hydroxylation sites is 1. The molecule has 39 heavy (non-hydrogen) atoms. The zero-order valence-corrected chi connectivity index (χ0v) is 21.7. The van der Waals surface area contributed by atoms with E-state index in [0.29, 0.717) is 0 Å². The van der Waals surface area contributed by atoms with Gasteiger partial charge >= 0.3 is 5.97 Å². The summed E-state index contributed by atoms with van der Waals surface area (Å²) in [7, 11) is 0. The smallest absolute Gasteiger partial charge is 0.326 e. The van der Waals surface area contributed by atoms with Crippen LogP contribution in [0.2, 0.25) is 0 Å². The maximum absolute atomic E-state index is 13.0. The molecule has 1 aromatic heterocycles. The number of primary amides is 2. The molecule has 0 aliphatic rings. The van der Waals surface area contributed by atoms with Gasteiger partial charge in [0, 0.05) is 17.1 Å². The van der Waals surface area contributed by atoms with Gasteiger partial charge in [-0.3, -0.25) is 24.0 Å². The van der Waals surface area contributed by atoms with Crippen LogP contribution in [0.25, 0.3) is 10.9 Å². The number of hydrogen-bond donors (Lipinski definition) is 8. The minimum atomic E-state index is -1.57. The average molecular weight is 546 g/mol. The number of hydrogen-bond acceptors (Lipinski definition) is 7. The van der Waals surface area contributed by atoms with Crippen LogP contribution < -0.4 is 33.2 Å². The van der Waals surface area contributed by atoms with Crippen molar-refractivity contribution < 1.29 is 33.9 Å². The number of amides is 5. The quantitative estimate of drug-likeness (QED) is 0.129. The summed E-state index contributed by atoms with van der Waals surface area (Å²) in [6.07, 6.45) is 0.616. The summed E-state index contributed by atoms with van der Waals surface area (Å²) in [6.45, 7) is 3.51. The van der Waals surface area contributed by atoms with E-state index in [4.69, 9.17) is 17.2 Å². The van der Waals surface area contributed by atoms with E-state index >= 15 is 0 Å². The molecule has 14 nitrogen and oxygen atoms in total. The number of aromatic nitrogens is 1. The maximum Gasteiger partial charge on any atom is 0.326 e. The van der Waals surface area contributed by atoms with Gasteiger partial charge in [-0.05, 0) is 30.4 Å². The molecule has 4 unspecified atom stereocenters. The van der Waals surface area contributed by atoms with Crippen molar-refractivity contribution in [2.75, 3.05) is 0 Å². The molecule has 0 radical (unpaired) electrons. The Hall–Kier alpha value is -4.46. The van der Waals surface area contributed by atoms with Crippen molar-refractivity contribution >= 4 is 46.4 Å². The summed E-state index contributed by atoms with van der Waals surface area (Å²) in [5, 5.41) is 17.2. The van der Waals surface area contributed by atoms with Crippen molar-refractivity contribution in [3.8, 4) is 0 Å². The fraction of sp³-hybridized carbons (Fsp3) is 0.440. The maximum atomic E-state index is 13.0. The minimum Gasteiger partial charge on any atom is -0.480 e.